The average Bonchev–Trinajstić information content (AvgIpc) is 3.75. The monoisotopic (exact) mass is 596 g/mol. The van der Waals surface area contributed by atoms with Gasteiger partial charge in [-0.25, -0.2) is 0 Å². The SMILES string of the molecule is [2H]c1c(-c2c([2H])c([2H])c3c([2H])c(-c4c5c([2H])c([2H])c([2H])c([2H])c5c([2H])c5c4c([2H])c([2H])c4c([2H])c([2H])c([2H])c([2H])c45)c([2H])c([2H])c3c2[2H])c([2H])c2c(oc3c([2H])c4c([2H])c([2H])c([2H])c([2H])c4c([2H])c32)c1[2H]. The van der Waals surface area contributed by atoms with E-state index >= 15 is 0 Å². The lowest BCUT2D eigenvalue weighted by Crippen LogP contribution is -1.88. The Balaban J connectivity index is 1.38. The molecular formula is C44H26O. The van der Waals surface area contributed by atoms with Crippen LogP contribution in [0.5, 0.6) is 0 Å². The van der Waals surface area contributed by atoms with Gasteiger partial charge in [0.15, 0.2) is 0 Å². The number of furan rings is 1. The van der Waals surface area contributed by atoms with Crippen molar-refractivity contribution in [2.45, 2.75) is 0 Å². The molecule has 0 spiro atoms. The lowest BCUT2D eigenvalue weighted by atomic mass is 9.89. The maximum absolute atomic E-state index is 9.67. The zero-order valence-corrected chi connectivity index (χ0v) is 22.4. The maximum Gasteiger partial charge on any atom is 0.136 e. The van der Waals surface area contributed by atoms with Crippen molar-refractivity contribution in [1.29, 1.82) is 0 Å². The molecule has 0 amide bonds. The lowest BCUT2D eigenvalue weighted by Gasteiger charge is -2.15. The molecule has 1 heteroatoms. The summed E-state index contributed by atoms with van der Waals surface area (Å²) in [6.07, 6.45) is 0. The van der Waals surface area contributed by atoms with E-state index in [0.717, 1.165) is 0 Å². The molecule has 1 heterocycles. The number of hydrogen-bond acceptors (Lipinski definition) is 1. The molecule has 0 atom stereocenters. The zero-order chi connectivity index (χ0) is 52.1. The normalized spacial score (nSPS) is 20.1. The molecule has 1 aromatic heterocycles. The van der Waals surface area contributed by atoms with E-state index < -0.39 is 250 Å². The Morgan fingerprint density at radius 1 is 0.311 bits per heavy atom. The summed E-state index contributed by atoms with van der Waals surface area (Å²) >= 11 is 0. The van der Waals surface area contributed by atoms with E-state index in [2.05, 4.69) is 0 Å². The van der Waals surface area contributed by atoms with E-state index in [1.54, 1.807) is 0 Å². The van der Waals surface area contributed by atoms with E-state index in [9.17, 15) is 12.3 Å². The molecule has 0 fully saturated rings. The number of benzene rings is 9. The molecule has 0 saturated heterocycles. The van der Waals surface area contributed by atoms with Gasteiger partial charge in [0.1, 0.15) is 11.2 Å². The molecule has 0 unspecified atom stereocenters. The molecule has 0 bridgehead atoms. The van der Waals surface area contributed by atoms with Crippen LogP contribution in [0.15, 0.2) is 162 Å². The van der Waals surface area contributed by atoms with Gasteiger partial charge in [-0.1, -0.05) is 115 Å². The summed E-state index contributed by atoms with van der Waals surface area (Å²) in [6, 6.07) is -21.5. The summed E-state index contributed by atoms with van der Waals surface area (Å²) in [5.41, 5.74) is -3.84. The number of rotatable bonds is 2. The highest BCUT2D eigenvalue weighted by Gasteiger charge is 2.14. The smallest absolute Gasteiger partial charge is 0.136 e. The fourth-order valence-corrected chi connectivity index (χ4v) is 5.42. The second-order valence-corrected chi connectivity index (χ2v) is 10.0. The van der Waals surface area contributed by atoms with Crippen molar-refractivity contribution in [1.82, 2.24) is 0 Å². The summed E-state index contributed by atoms with van der Waals surface area (Å²) < 4.78 is 239. The third-order valence-electron chi connectivity index (χ3n) is 7.45. The van der Waals surface area contributed by atoms with Crippen molar-refractivity contribution >= 4 is 75.8 Å². The standard InChI is InChI=1S/C44H26O/c1-2-9-29-26-43-41(23-28(29)8-1)40-24-33(18-20-42(40)45-43)31-13-14-32-22-35(16-15-30(32)21-31)44-37-12-6-4-10-34(37)25-39-36-11-5-3-7-27(36)17-19-38(39)44/h1-26H/i1D,2D,3D,4D,5D,6D,7D,8D,9D,10D,11D,12D,13D,14D,15D,16D,17D,18D,19D,20D,21D,22D,23D,24D,25D,26D. The first-order chi connectivity index (χ1) is 33.2. The van der Waals surface area contributed by atoms with Crippen molar-refractivity contribution in [3.05, 3.63) is 157 Å². The van der Waals surface area contributed by atoms with E-state index in [1.165, 1.54) is 0 Å². The molecule has 0 N–H and O–H groups in total. The average molecular weight is 597 g/mol. The Bertz CT molecular complexity index is 4290. The van der Waals surface area contributed by atoms with Crippen molar-refractivity contribution in [3.63, 3.8) is 0 Å². The predicted octanol–water partition coefficient (Wildman–Crippen LogP) is 12.7. The number of hydrogen-bond donors (Lipinski definition) is 0. The predicted molar refractivity (Wildman–Crippen MR) is 192 cm³/mol. The fourth-order valence-electron chi connectivity index (χ4n) is 5.42. The van der Waals surface area contributed by atoms with Crippen molar-refractivity contribution in [2.75, 3.05) is 0 Å². The van der Waals surface area contributed by atoms with Crippen LogP contribution in [0.4, 0.5) is 0 Å². The van der Waals surface area contributed by atoms with Gasteiger partial charge in [-0.05, 0) is 118 Å². The van der Waals surface area contributed by atoms with Gasteiger partial charge in [0.25, 0.3) is 0 Å². The Kier molecular flexibility index (Phi) is 2.13. The first-order valence-electron chi connectivity index (χ1n) is 26.4. The van der Waals surface area contributed by atoms with Gasteiger partial charge in [-0.15, -0.1) is 0 Å². The molecule has 0 aliphatic carbocycles. The third kappa shape index (κ3) is 3.74. The van der Waals surface area contributed by atoms with Crippen LogP contribution in [0.2, 0.25) is 0 Å². The van der Waals surface area contributed by atoms with Crippen LogP contribution >= 0.6 is 0 Å². The molecule has 0 aliphatic rings. The minimum atomic E-state index is -0.999. The van der Waals surface area contributed by atoms with Gasteiger partial charge in [-0.2, -0.15) is 0 Å². The van der Waals surface area contributed by atoms with Gasteiger partial charge in [0.05, 0.1) is 35.6 Å². The van der Waals surface area contributed by atoms with Crippen molar-refractivity contribution in [2.24, 2.45) is 0 Å². The van der Waals surface area contributed by atoms with Crippen LogP contribution in [0.1, 0.15) is 35.6 Å². The van der Waals surface area contributed by atoms with E-state index in [0.29, 0.717) is 0 Å². The summed E-state index contributed by atoms with van der Waals surface area (Å²) in [7, 11) is 0. The topological polar surface area (TPSA) is 13.1 Å². The summed E-state index contributed by atoms with van der Waals surface area (Å²) in [4.78, 5) is 0. The first-order valence-corrected chi connectivity index (χ1v) is 13.4. The van der Waals surface area contributed by atoms with E-state index in [1.807, 2.05) is 0 Å². The van der Waals surface area contributed by atoms with Gasteiger partial charge in [0.2, 0.25) is 0 Å². The number of fused-ring (bicyclic) bond motifs is 9. The highest BCUT2D eigenvalue weighted by atomic mass is 16.3. The van der Waals surface area contributed by atoms with Gasteiger partial charge < -0.3 is 4.42 Å². The van der Waals surface area contributed by atoms with Gasteiger partial charge in [0, 0.05) is 10.8 Å². The Labute approximate surface area is 296 Å². The van der Waals surface area contributed by atoms with Crippen molar-refractivity contribution < 1.29 is 40.1 Å². The van der Waals surface area contributed by atoms with E-state index in [-0.39, 0.29) is 5.39 Å². The molecule has 0 radical (unpaired) electrons. The lowest BCUT2D eigenvalue weighted by molar-refractivity contribution is 0.669. The van der Waals surface area contributed by atoms with Crippen LogP contribution in [-0.4, -0.2) is 0 Å². The summed E-state index contributed by atoms with van der Waals surface area (Å²) in [6.45, 7) is 0. The Morgan fingerprint density at radius 3 is 1.71 bits per heavy atom. The highest BCUT2D eigenvalue weighted by molar-refractivity contribution is 6.20. The van der Waals surface area contributed by atoms with Crippen LogP contribution < -0.4 is 0 Å². The maximum atomic E-state index is 9.67. The fraction of sp³-hybridized carbons (Fsp3) is 0. The summed E-state index contributed by atoms with van der Waals surface area (Å²) in [5.74, 6) is 0. The third-order valence-corrected chi connectivity index (χ3v) is 7.45. The van der Waals surface area contributed by atoms with Crippen LogP contribution in [0.25, 0.3) is 98.1 Å². The molecule has 9 aromatic carbocycles. The molecule has 0 saturated carbocycles. The zero-order valence-electron chi connectivity index (χ0n) is 48.4. The Morgan fingerprint density at radius 2 is 0.867 bits per heavy atom. The quantitative estimate of drug-likeness (QED) is 0.143. The first kappa shape index (κ1) is 10.3. The van der Waals surface area contributed by atoms with Gasteiger partial charge in [-0.3, -0.25) is 0 Å². The Hall–Kier alpha value is -5.92. The minimum absolute atomic E-state index is 0.385. The second kappa shape index (κ2) is 9.29. The van der Waals surface area contributed by atoms with Crippen LogP contribution in [-0.2, 0) is 0 Å². The van der Waals surface area contributed by atoms with E-state index in [4.69, 9.17) is 27.7 Å². The second-order valence-electron chi connectivity index (χ2n) is 10.0. The van der Waals surface area contributed by atoms with Gasteiger partial charge >= 0.3 is 0 Å². The van der Waals surface area contributed by atoms with Crippen LogP contribution in [0.3, 0.4) is 0 Å². The molecule has 45 heavy (non-hydrogen) atoms. The molecule has 10 rings (SSSR count). The molecule has 208 valence electrons. The molecule has 10 aromatic rings. The van der Waals surface area contributed by atoms with Crippen LogP contribution in [0, 0.1) is 0 Å². The molecular weight excluding hydrogens is 544 g/mol. The minimum Gasteiger partial charge on any atom is -0.456 e. The largest absolute Gasteiger partial charge is 0.456 e. The molecule has 0 aliphatic heterocycles. The highest BCUT2D eigenvalue weighted by Crippen LogP contribution is 2.41. The van der Waals surface area contributed by atoms with Crippen molar-refractivity contribution in [3.8, 4) is 22.3 Å². The molecule has 1 nitrogen and oxygen atoms in total. The summed E-state index contributed by atoms with van der Waals surface area (Å²) in [5, 5.41) is -6.40.